The Morgan fingerprint density at radius 3 is 3.10 bits per heavy atom. The zero-order valence-corrected chi connectivity index (χ0v) is 10.8. The number of benzene rings is 1. The summed E-state index contributed by atoms with van der Waals surface area (Å²) in [6, 6.07) is 9.61. The van der Waals surface area contributed by atoms with E-state index in [1.807, 2.05) is 30.3 Å². The molecule has 1 amide bonds. The lowest BCUT2D eigenvalue weighted by Crippen LogP contribution is -2.25. The number of pyridine rings is 1. The molecule has 6 heteroatoms. The van der Waals surface area contributed by atoms with E-state index in [4.69, 9.17) is 5.53 Å². The van der Waals surface area contributed by atoms with Gasteiger partial charge in [-0.25, -0.2) is 0 Å². The van der Waals surface area contributed by atoms with Crippen molar-refractivity contribution < 1.29 is 4.79 Å². The van der Waals surface area contributed by atoms with Crippen molar-refractivity contribution >= 4 is 22.5 Å². The monoisotopic (exact) mass is 267 g/mol. The van der Waals surface area contributed by atoms with Crippen molar-refractivity contribution in [3.63, 3.8) is 0 Å². The number of azide groups is 1. The van der Waals surface area contributed by atoms with E-state index in [2.05, 4.69) is 15.0 Å². The van der Waals surface area contributed by atoms with Crippen LogP contribution >= 0.6 is 0 Å². The Balaban J connectivity index is 1.95. The normalized spacial score (nSPS) is 18.3. The maximum atomic E-state index is 12.2. The van der Waals surface area contributed by atoms with Crippen molar-refractivity contribution in [2.75, 3.05) is 18.0 Å². The number of hydrogen-bond donors (Lipinski definition) is 0. The van der Waals surface area contributed by atoms with Gasteiger partial charge in [0.1, 0.15) is 0 Å². The van der Waals surface area contributed by atoms with E-state index < -0.39 is 0 Å². The van der Waals surface area contributed by atoms with Crippen LogP contribution in [0.5, 0.6) is 0 Å². The molecule has 2 heterocycles. The Hall–Kier alpha value is -2.59. The first-order chi connectivity index (χ1) is 9.79. The first-order valence-corrected chi connectivity index (χ1v) is 6.44. The van der Waals surface area contributed by atoms with Crippen molar-refractivity contribution in [3.8, 4) is 0 Å². The van der Waals surface area contributed by atoms with Crippen LogP contribution in [-0.2, 0) is 4.79 Å². The Bertz CT molecular complexity index is 702. The molecule has 0 saturated carbocycles. The number of para-hydroxylation sites is 1. The van der Waals surface area contributed by atoms with Crippen LogP contribution in [0.15, 0.2) is 41.6 Å². The molecule has 0 radical (unpaired) electrons. The Morgan fingerprint density at radius 2 is 2.25 bits per heavy atom. The van der Waals surface area contributed by atoms with E-state index in [-0.39, 0.29) is 11.8 Å². The van der Waals surface area contributed by atoms with E-state index in [0.717, 1.165) is 16.6 Å². The summed E-state index contributed by atoms with van der Waals surface area (Å²) in [4.78, 5) is 21.0. The van der Waals surface area contributed by atoms with Gasteiger partial charge in [-0.05, 0) is 23.6 Å². The van der Waals surface area contributed by atoms with Gasteiger partial charge in [0, 0.05) is 36.0 Å². The highest BCUT2D eigenvalue weighted by Gasteiger charge is 2.30. The van der Waals surface area contributed by atoms with Gasteiger partial charge >= 0.3 is 0 Å². The first kappa shape index (κ1) is 12.4. The fourth-order valence-electron chi connectivity index (χ4n) is 2.60. The Labute approximate surface area is 115 Å². The van der Waals surface area contributed by atoms with Crippen LogP contribution in [0.2, 0.25) is 0 Å². The Kier molecular flexibility index (Phi) is 3.23. The second-order valence-electron chi connectivity index (χ2n) is 4.84. The summed E-state index contributed by atoms with van der Waals surface area (Å²) in [5, 5.41) is 4.53. The van der Waals surface area contributed by atoms with Crippen LogP contribution < -0.4 is 4.90 Å². The molecule has 1 aromatic heterocycles. The van der Waals surface area contributed by atoms with Crippen LogP contribution in [-0.4, -0.2) is 24.0 Å². The zero-order chi connectivity index (χ0) is 13.9. The highest BCUT2D eigenvalue weighted by atomic mass is 16.2. The summed E-state index contributed by atoms with van der Waals surface area (Å²) < 4.78 is 0. The van der Waals surface area contributed by atoms with Crippen LogP contribution in [0.1, 0.15) is 6.42 Å². The number of anilines is 1. The lowest BCUT2D eigenvalue weighted by atomic mass is 10.1. The molecule has 0 N–H and O–H groups in total. The van der Waals surface area contributed by atoms with Crippen LogP contribution in [0.25, 0.3) is 21.3 Å². The van der Waals surface area contributed by atoms with Crippen molar-refractivity contribution in [2.24, 2.45) is 11.0 Å². The molecular weight excluding hydrogens is 254 g/mol. The number of carbonyl (C=O) groups is 1. The van der Waals surface area contributed by atoms with Crippen LogP contribution in [0.4, 0.5) is 5.69 Å². The third-order valence-electron chi connectivity index (χ3n) is 3.53. The summed E-state index contributed by atoms with van der Waals surface area (Å²) in [6.07, 6.45) is 2.14. The predicted octanol–water partition coefficient (Wildman–Crippen LogP) is 2.90. The molecule has 0 aliphatic carbocycles. The second kappa shape index (κ2) is 5.19. The quantitative estimate of drug-likeness (QED) is 0.486. The van der Waals surface area contributed by atoms with Gasteiger partial charge in [-0.1, -0.05) is 23.3 Å². The van der Waals surface area contributed by atoms with Gasteiger partial charge < -0.3 is 4.90 Å². The van der Waals surface area contributed by atoms with Gasteiger partial charge in [-0.15, -0.1) is 0 Å². The smallest absolute Gasteiger partial charge is 0.227 e. The van der Waals surface area contributed by atoms with E-state index in [1.54, 1.807) is 11.1 Å². The van der Waals surface area contributed by atoms with Gasteiger partial charge in [0.15, 0.2) is 0 Å². The molecule has 0 spiro atoms. The number of nitrogens with zero attached hydrogens (tertiary/aromatic N) is 5. The molecule has 6 nitrogen and oxygen atoms in total. The number of amides is 1. The standard InChI is InChI=1S/C14H13N5O/c15-18-17-8-10-7-14(20)19(9-10)13-5-6-16-12-4-2-1-3-11(12)13/h1-6,10H,7-9H2. The minimum absolute atomic E-state index is 0.0690. The second-order valence-corrected chi connectivity index (χ2v) is 4.84. The van der Waals surface area contributed by atoms with E-state index >= 15 is 0 Å². The highest BCUT2D eigenvalue weighted by Crippen LogP contribution is 2.30. The topological polar surface area (TPSA) is 82.0 Å². The summed E-state index contributed by atoms with van der Waals surface area (Å²) in [6.45, 7) is 0.952. The van der Waals surface area contributed by atoms with Gasteiger partial charge in [0.25, 0.3) is 0 Å². The molecule has 0 bridgehead atoms. The van der Waals surface area contributed by atoms with E-state index in [0.29, 0.717) is 19.5 Å². The molecule has 1 saturated heterocycles. The van der Waals surface area contributed by atoms with Crippen molar-refractivity contribution in [2.45, 2.75) is 6.42 Å². The molecule has 1 atom stereocenters. The fourth-order valence-corrected chi connectivity index (χ4v) is 2.60. The molecule has 20 heavy (non-hydrogen) atoms. The maximum Gasteiger partial charge on any atom is 0.227 e. The number of rotatable bonds is 3. The molecule has 1 unspecified atom stereocenters. The van der Waals surface area contributed by atoms with Crippen molar-refractivity contribution in [1.29, 1.82) is 0 Å². The third kappa shape index (κ3) is 2.17. The van der Waals surface area contributed by atoms with Crippen molar-refractivity contribution in [3.05, 3.63) is 47.0 Å². The average molecular weight is 267 g/mol. The molecule has 1 aliphatic rings. The average Bonchev–Trinajstić information content (AvgIpc) is 2.85. The molecule has 100 valence electrons. The lowest BCUT2D eigenvalue weighted by Gasteiger charge is -2.18. The largest absolute Gasteiger partial charge is 0.311 e. The zero-order valence-electron chi connectivity index (χ0n) is 10.8. The molecular formula is C14H13N5O. The SMILES string of the molecule is [N-]=[N+]=NCC1CC(=O)N(c2ccnc3ccccc23)C1. The number of hydrogen-bond acceptors (Lipinski definition) is 3. The van der Waals surface area contributed by atoms with Crippen LogP contribution in [0.3, 0.4) is 0 Å². The minimum Gasteiger partial charge on any atom is -0.311 e. The molecule has 1 aliphatic heterocycles. The molecule has 3 rings (SSSR count). The van der Waals surface area contributed by atoms with Gasteiger partial charge in [-0.2, -0.15) is 0 Å². The highest BCUT2D eigenvalue weighted by molar-refractivity contribution is 6.03. The third-order valence-corrected chi connectivity index (χ3v) is 3.53. The first-order valence-electron chi connectivity index (χ1n) is 6.44. The molecule has 2 aromatic rings. The van der Waals surface area contributed by atoms with Gasteiger partial charge in [0.05, 0.1) is 11.2 Å². The summed E-state index contributed by atoms with van der Waals surface area (Å²) in [5.74, 6) is 0.157. The fraction of sp³-hybridized carbons (Fsp3) is 0.286. The molecule has 1 aromatic carbocycles. The minimum atomic E-state index is 0.0690. The number of fused-ring (bicyclic) bond motifs is 1. The number of carbonyl (C=O) groups excluding carboxylic acids is 1. The van der Waals surface area contributed by atoms with Gasteiger partial charge in [-0.3, -0.25) is 9.78 Å². The Morgan fingerprint density at radius 1 is 1.40 bits per heavy atom. The lowest BCUT2D eigenvalue weighted by molar-refractivity contribution is -0.117. The maximum absolute atomic E-state index is 12.2. The van der Waals surface area contributed by atoms with Crippen LogP contribution in [0, 0.1) is 5.92 Å². The van der Waals surface area contributed by atoms with Gasteiger partial charge in [0.2, 0.25) is 5.91 Å². The van der Waals surface area contributed by atoms with Crippen molar-refractivity contribution in [1.82, 2.24) is 4.98 Å². The summed E-state index contributed by atoms with van der Waals surface area (Å²) in [5.41, 5.74) is 10.1. The number of aromatic nitrogens is 1. The summed E-state index contributed by atoms with van der Waals surface area (Å²) >= 11 is 0. The molecule has 1 fully saturated rings. The predicted molar refractivity (Wildman–Crippen MR) is 76.2 cm³/mol. The van der Waals surface area contributed by atoms with E-state index in [9.17, 15) is 4.79 Å². The van der Waals surface area contributed by atoms with E-state index in [1.165, 1.54) is 0 Å². The summed E-state index contributed by atoms with van der Waals surface area (Å²) in [7, 11) is 0.